The van der Waals surface area contributed by atoms with E-state index in [0.717, 1.165) is 18.4 Å². The predicted octanol–water partition coefficient (Wildman–Crippen LogP) is 2.44. The van der Waals surface area contributed by atoms with Gasteiger partial charge in [-0.1, -0.05) is 12.1 Å². The Hall–Kier alpha value is -2.74. The summed E-state index contributed by atoms with van der Waals surface area (Å²) in [6.07, 6.45) is 1.05. The minimum absolute atomic E-state index is 0.0177. The van der Waals surface area contributed by atoms with Crippen LogP contribution in [0.15, 0.2) is 41.3 Å². The van der Waals surface area contributed by atoms with Crippen molar-refractivity contribution in [3.8, 4) is 0 Å². The lowest BCUT2D eigenvalue weighted by Gasteiger charge is -2.16. The Labute approximate surface area is 157 Å². The van der Waals surface area contributed by atoms with Crippen molar-refractivity contribution in [3.05, 3.63) is 64.5 Å². The molecule has 2 N–H and O–H groups in total. The SMILES string of the molecule is Cc1cc(S(C)(=O)=O)cc(C(=O)NCC(C(=O)O)c2ccc(F)cc2)c1C. The number of aryl methyl sites for hydroxylation is 1. The molecule has 0 aliphatic heterocycles. The fourth-order valence-electron chi connectivity index (χ4n) is 2.61. The molecule has 1 amide bonds. The Morgan fingerprint density at radius 1 is 1.15 bits per heavy atom. The molecule has 0 spiro atoms. The van der Waals surface area contributed by atoms with E-state index in [-0.39, 0.29) is 17.0 Å². The molecule has 0 heterocycles. The third-order valence-electron chi connectivity index (χ3n) is 4.35. The number of hydrogen-bond acceptors (Lipinski definition) is 4. The summed E-state index contributed by atoms with van der Waals surface area (Å²) in [7, 11) is -3.50. The lowest BCUT2D eigenvalue weighted by molar-refractivity contribution is -0.138. The van der Waals surface area contributed by atoms with Gasteiger partial charge >= 0.3 is 5.97 Å². The zero-order chi connectivity index (χ0) is 20.4. The Morgan fingerprint density at radius 2 is 1.74 bits per heavy atom. The molecule has 144 valence electrons. The minimum atomic E-state index is -3.50. The van der Waals surface area contributed by atoms with Crippen LogP contribution in [-0.2, 0) is 14.6 Å². The Kier molecular flexibility index (Phi) is 6.00. The second kappa shape index (κ2) is 7.87. The van der Waals surface area contributed by atoms with Gasteiger partial charge in [0.15, 0.2) is 9.84 Å². The van der Waals surface area contributed by atoms with Crippen molar-refractivity contribution in [2.75, 3.05) is 12.8 Å². The van der Waals surface area contributed by atoms with Crippen molar-refractivity contribution in [2.45, 2.75) is 24.7 Å². The molecule has 0 fully saturated rings. The fraction of sp³-hybridized carbons (Fsp3) is 0.263. The minimum Gasteiger partial charge on any atom is -0.481 e. The van der Waals surface area contributed by atoms with Crippen LogP contribution in [0.4, 0.5) is 4.39 Å². The van der Waals surface area contributed by atoms with Gasteiger partial charge in [0.2, 0.25) is 0 Å². The number of carboxylic acid groups (broad SMARTS) is 1. The van der Waals surface area contributed by atoms with Crippen molar-refractivity contribution in [3.63, 3.8) is 0 Å². The molecular weight excluding hydrogens is 373 g/mol. The molecular formula is C19H20FNO5S. The van der Waals surface area contributed by atoms with Gasteiger partial charge in [-0.15, -0.1) is 0 Å². The Balaban J connectivity index is 2.27. The Morgan fingerprint density at radius 3 is 2.26 bits per heavy atom. The molecule has 1 atom stereocenters. The number of rotatable bonds is 6. The fourth-order valence-corrected chi connectivity index (χ4v) is 3.33. The average Bonchev–Trinajstić information content (AvgIpc) is 2.57. The van der Waals surface area contributed by atoms with E-state index in [1.807, 2.05) is 0 Å². The number of carboxylic acids is 1. The summed E-state index contributed by atoms with van der Waals surface area (Å²) in [4.78, 5) is 24.1. The second-order valence-corrected chi connectivity index (χ2v) is 8.35. The van der Waals surface area contributed by atoms with Gasteiger partial charge in [0.1, 0.15) is 5.82 Å². The number of nitrogens with one attached hydrogen (secondary N) is 1. The normalized spacial score (nSPS) is 12.4. The number of carbonyl (C=O) groups is 2. The van der Waals surface area contributed by atoms with Crippen LogP contribution in [0.25, 0.3) is 0 Å². The van der Waals surface area contributed by atoms with Crippen molar-refractivity contribution >= 4 is 21.7 Å². The van der Waals surface area contributed by atoms with E-state index in [2.05, 4.69) is 5.32 Å². The van der Waals surface area contributed by atoms with Crippen LogP contribution in [0.5, 0.6) is 0 Å². The highest BCUT2D eigenvalue weighted by molar-refractivity contribution is 7.90. The molecule has 1 unspecified atom stereocenters. The first kappa shape index (κ1) is 20.6. The van der Waals surface area contributed by atoms with Gasteiger partial charge in [0, 0.05) is 18.4 Å². The van der Waals surface area contributed by atoms with Crippen LogP contribution < -0.4 is 5.32 Å². The lowest BCUT2D eigenvalue weighted by atomic mass is 9.98. The van der Waals surface area contributed by atoms with Gasteiger partial charge in [-0.05, 0) is 54.8 Å². The number of hydrogen-bond donors (Lipinski definition) is 2. The summed E-state index contributed by atoms with van der Waals surface area (Å²) < 4.78 is 36.6. The largest absolute Gasteiger partial charge is 0.481 e. The Bertz CT molecular complexity index is 984. The van der Waals surface area contributed by atoms with Crippen LogP contribution in [0, 0.1) is 19.7 Å². The summed E-state index contributed by atoms with van der Waals surface area (Å²) in [5, 5.41) is 11.9. The van der Waals surface area contributed by atoms with E-state index >= 15 is 0 Å². The van der Waals surface area contributed by atoms with Crippen molar-refractivity contribution in [2.24, 2.45) is 0 Å². The second-order valence-electron chi connectivity index (χ2n) is 6.34. The van der Waals surface area contributed by atoms with Crippen molar-refractivity contribution in [1.82, 2.24) is 5.32 Å². The monoisotopic (exact) mass is 393 g/mol. The molecule has 27 heavy (non-hydrogen) atoms. The number of sulfone groups is 1. The summed E-state index contributed by atoms with van der Waals surface area (Å²) >= 11 is 0. The number of benzene rings is 2. The third-order valence-corrected chi connectivity index (χ3v) is 5.44. The first-order valence-electron chi connectivity index (χ1n) is 8.08. The number of aliphatic carboxylic acids is 1. The van der Waals surface area contributed by atoms with Crippen molar-refractivity contribution < 1.29 is 27.5 Å². The van der Waals surface area contributed by atoms with E-state index in [9.17, 15) is 27.5 Å². The van der Waals surface area contributed by atoms with E-state index in [1.54, 1.807) is 13.8 Å². The van der Waals surface area contributed by atoms with Gasteiger partial charge in [-0.3, -0.25) is 9.59 Å². The summed E-state index contributed by atoms with van der Waals surface area (Å²) in [6.45, 7) is 3.16. The summed E-state index contributed by atoms with van der Waals surface area (Å²) in [6, 6.07) is 7.76. The van der Waals surface area contributed by atoms with Gasteiger partial charge in [0.25, 0.3) is 5.91 Å². The van der Waals surface area contributed by atoms with E-state index in [0.29, 0.717) is 16.7 Å². The van der Waals surface area contributed by atoms with Crippen LogP contribution in [0.1, 0.15) is 33.0 Å². The molecule has 8 heteroatoms. The molecule has 0 radical (unpaired) electrons. The molecule has 0 saturated heterocycles. The van der Waals surface area contributed by atoms with Crippen LogP contribution in [0.2, 0.25) is 0 Å². The molecule has 2 aromatic rings. The standard InChI is InChI=1S/C19H20FNO5S/c1-11-8-15(27(3,25)26)9-16(12(11)2)18(22)21-10-17(19(23)24)13-4-6-14(20)7-5-13/h4-9,17H,10H2,1-3H3,(H,21,22)(H,23,24). The van der Waals surface area contributed by atoms with E-state index in [1.165, 1.54) is 24.3 Å². The number of carbonyl (C=O) groups excluding carboxylic acids is 1. The third kappa shape index (κ3) is 4.91. The number of halogens is 1. The molecule has 6 nitrogen and oxygen atoms in total. The molecule has 0 aliphatic rings. The highest BCUT2D eigenvalue weighted by Gasteiger charge is 2.22. The maximum Gasteiger partial charge on any atom is 0.312 e. The number of amides is 1. The average molecular weight is 393 g/mol. The molecule has 0 bridgehead atoms. The highest BCUT2D eigenvalue weighted by atomic mass is 32.2. The van der Waals surface area contributed by atoms with Gasteiger partial charge in [0.05, 0.1) is 10.8 Å². The molecule has 2 aromatic carbocycles. The quantitative estimate of drug-likeness (QED) is 0.785. The smallest absolute Gasteiger partial charge is 0.312 e. The lowest BCUT2D eigenvalue weighted by Crippen LogP contribution is -2.32. The molecule has 0 aliphatic carbocycles. The van der Waals surface area contributed by atoms with Crippen molar-refractivity contribution in [1.29, 1.82) is 0 Å². The summed E-state index contributed by atoms with van der Waals surface area (Å²) in [5.74, 6) is -3.29. The maximum atomic E-state index is 13.0. The zero-order valence-corrected chi connectivity index (χ0v) is 15.9. The van der Waals surface area contributed by atoms with Crippen LogP contribution in [-0.4, -0.2) is 38.2 Å². The molecule has 0 aromatic heterocycles. The highest BCUT2D eigenvalue weighted by Crippen LogP contribution is 2.21. The van der Waals surface area contributed by atoms with Gasteiger partial charge in [-0.2, -0.15) is 0 Å². The van der Waals surface area contributed by atoms with E-state index in [4.69, 9.17) is 0 Å². The van der Waals surface area contributed by atoms with Gasteiger partial charge < -0.3 is 10.4 Å². The topological polar surface area (TPSA) is 101 Å². The summed E-state index contributed by atoms with van der Waals surface area (Å²) in [5.41, 5.74) is 1.76. The molecule has 0 saturated carbocycles. The first-order chi connectivity index (χ1) is 12.5. The van der Waals surface area contributed by atoms with Crippen LogP contribution in [0.3, 0.4) is 0 Å². The van der Waals surface area contributed by atoms with Gasteiger partial charge in [-0.25, -0.2) is 12.8 Å². The van der Waals surface area contributed by atoms with Crippen LogP contribution >= 0.6 is 0 Å². The molecule has 2 rings (SSSR count). The zero-order valence-electron chi connectivity index (χ0n) is 15.1. The maximum absolute atomic E-state index is 13.0. The first-order valence-corrected chi connectivity index (χ1v) is 9.97. The predicted molar refractivity (Wildman–Crippen MR) is 98.1 cm³/mol. The van der Waals surface area contributed by atoms with E-state index < -0.39 is 33.4 Å².